The molecular weight excluding hydrogens is 247 g/mol. The Morgan fingerprint density at radius 2 is 2.16 bits per heavy atom. The van der Waals surface area contributed by atoms with Crippen molar-refractivity contribution in [2.45, 2.75) is 18.9 Å². The summed E-state index contributed by atoms with van der Waals surface area (Å²) in [6.07, 6.45) is 1.04. The first-order chi connectivity index (χ1) is 9.20. The lowest BCUT2D eigenvalue weighted by Crippen LogP contribution is -2.52. The summed E-state index contributed by atoms with van der Waals surface area (Å²) < 4.78 is 18.1. The minimum Gasteiger partial charge on any atom is -0.377 e. The molecule has 0 bridgehead atoms. The Morgan fingerprint density at radius 3 is 2.84 bits per heavy atom. The van der Waals surface area contributed by atoms with Crippen LogP contribution in [0.25, 0.3) is 0 Å². The van der Waals surface area contributed by atoms with Crippen molar-refractivity contribution in [2.75, 3.05) is 26.3 Å². The monoisotopic (exact) mass is 266 g/mol. The van der Waals surface area contributed by atoms with Gasteiger partial charge in [0.2, 0.25) is 5.91 Å². The Bertz CT molecular complexity index is 422. The zero-order chi connectivity index (χ0) is 13.7. The topological polar surface area (TPSA) is 55.6 Å². The summed E-state index contributed by atoms with van der Waals surface area (Å²) in [5.41, 5.74) is 6.60. The number of hydrogen-bond acceptors (Lipinski definition) is 3. The highest BCUT2D eigenvalue weighted by Crippen LogP contribution is 2.11. The number of carbonyl (C=O) groups excluding carboxylic acids is 1. The minimum absolute atomic E-state index is 0.0190. The molecule has 2 rings (SSSR count). The SMILES string of the molecule is NCC1COCCN1C(=O)CCc1ccc(F)cc1. The average molecular weight is 266 g/mol. The molecule has 1 atom stereocenters. The molecule has 0 radical (unpaired) electrons. The van der Waals surface area contributed by atoms with Crippen molar-refractivity contribution >= 4 is 5.91 Å². The van der Waals surface area contributed by atoms with Gasteiger partial charge in [-0.2, -0.15) is 0 Å². The lowest BCUT2D eigenvalue weighted by atomic mass is 10.1. The standard InChI is InChI=1S/C14H19FN2O2/c15-12-4-1-11(2-5-12)3-6-14(18)17-7-8-19-10-13(17)9-16/h1-2,4-5,13H,3,6-10,16H2. The second-order valence-electron chi connectivity index (χ2n) is 4.68. The molecule has 1 aromatic carbocycles. The van der Waals surface area contributed by atoms with E-state index in [4.69, 9.17) is 10.5 Å². The maximum absolute atomic E-state index is 12.8. The van der Waals surface area contributed by atoms with Gasteiger partial charge in [-0.05, 0) is 24.1 Å². The molecule has 0 saturated carbocycles. The molecule has 1 aromatic rings. The number of nitrogens with zero attached hydrogens (tertiary/aromatic N) is 1. The molecule has 2 N–H and O–H groups in total. The van der Waals surface area contributed by atoms with Crippen LogP contribution in [0.3, 0.4) is 0 Å². The summed E-state index contributed by atoms with van der Waals surface area (Å²) in [6, 6.07) is 6.23. The minimum atomic E-state index is -0.258. The molecule has 1 amide bonds. The molecule has 104 valence electrons. The number of aryl methyl sites for hydroxylation is 1. The Balaban J connectivity index is 1.87. The van der Waals surface area contributed by atoms with Crippen LogP contribution in [0.5, 0.6) is 0 Å². The van der Waals surface area contributed by atoms with Gasteiger partial charge in [0.25, 0.3) is 0 Å². The van der Waals surface area contributed by atoms with Crippen molar-refractivity contribution in [2.24, 2.45) is 5.73 Å². The van der Waals surface area contributed by atoms with Crippen LogP contribution in [0.1, 0.15) is 12.0 Å². The molecule has 0 aromatic heterocycles. The van der Waals surface area contributed by atoms with Crippen molar-refractivity contribution < 1.29 is 13.9 Å². The van der Waals surface area contributed by atoms with E-state index in [1.165, 1.54) is 12.1 Å². The number of hydrogen-bond donors (Lipinski definition) is 1. The number of ether oxygens (including phenoxy) is 1. The third-order valence-electron chi connectivity index (χ3n) is 3.36. The first-order valence-electron chi connectivity index (χ1n) is 6.52. The molecule has 4 nitrogen and oxygen atoms in total. The number of halogens is 1. The third-order valence-corrected chi connectivity index (χ3v) is 3.36. The first kappa shape index (κ1) is 14.0. The van der Waals surface area contributed by atoms with Gasteiger partial charge in [-0.1, -0.05) is 12.1 Å². The van der Waals surface area contributed by atoms with Crippen LogP contribution in [0, 0.1) is 5.82 Å². The summed E-state index contributed by atoms with van der Waals surface area (Å²) in [6.45, 7) is 2.10. The summed E-state index contributed by atoms with van der Waals surface area (Å²) in [5, 5.41) is 0. The van der Waals surface area contributed by atoms with Crippen molar-refractivity contribution in [3.63, 3.8) is 0 Å². The van der Waals surface area contributed by atoms with Crippen LogP contribution in [-0.2, 0) is 16.0 Å². The van der Waals surface area contributed by atoms with Crippen LogP contribution >= 0.6 is 0 Å². The normalized spacial score (nSPS) is 19.5. The Morgan fingerprint density at radius 1 is 1.42 bits per heavy atom. The third kappa shape index (κ3) is 3.75. The van der Waals surface area contributed by atoms with E-state index in [0.717, 1.165) is 5.56 Å². The van der Waals surface area contributed by atoms with E-state index in [9.17, 15) is 9.18 Å². The summed E-state index contributed by atoms with van der Waals surface area (Å²) >= 11 is 0. The zero-order valence-corrected chi connectivity index (χ0v) is 10.8. The number of rotatable bonds is 4. The van der Waals surface area contributed by atoms with Crippen LogP contribution in [0.15, 0.2) is 24.3 Å². The average Bonchev–Trinajstić information content (AvgIpc) is 2.46. The lowest BCUT2D eigenvalue weighted by molar-refractivity contribution is -0.139. The van der Waals surface area contributed by atoms with Crippen molar-refractivity contribution in [3.05, 3.63) is 35.6 Å². The maximum Gasteiger partial charge on any atom is 0.223 e. The maximum atomic E-state index is 12.8. The van der Waals surface area contributed by atoms with Gasteiger partial charge in [0.1, 0.15) is 5.82 Å². The predicted octanol–water partition coefficient (Wildman–Crippen LogP) is 0.944. The fraction of sp³-hybridized carbons (Fsp3) is 0.500. The number of nitrogens with two attached hydrogens (primary N) is 1. The van der Waals surface area contributed by atoms with E-state index >= 15 is 0 Å². The van der Waals surface area contributed by atoms with E-state index in [1.54, 1.807) is 17.0 Å². The molecule has 1 aliphatic rings. The van der Waals surface area contributed by atoms with Gasteiger partial charge in [0, 0.05) is 19.5 Å². The summed E-state index contributed by atoms with van der Waals surface area (Å²) in [5.74, 6) is -0.172. The highest BCUT2D eigenvalue weighted by atomic mass is 19.1. The number of amides is 1. The van der Waals surface area contributed by atoms with E-state index in [2.05, 4.69) is 0 Å². The summed E-state index contributed by atoms with van der Waals surface area (Å²) in [4.78, 5) is 13.9. The van der Waals surface area contributed by atoms with E-state index < -0.39 is 0 Å². The van der Waals surface area contributed by atoms with Gasteiger partial charge < -0.3 is 15.4 Å². The van der Waals surface area contributed by atoms with Gasteiger partial charge in [-0.25, -0.2) is 4.39 Å². The predicted molar refractivity (Wildman–Crippen MR) is 70.1 cm³/mol. The second kappa shape index (κ2) is 6.63. The molecule has 1 saturated heterocycles. The fourth-order valence-electron chi connectivity index (χ4n) is 2.22. The quantitative estimate of drug-likeness (QED) is 0.882. The number of carbonyl (C=O) groups is 1. The molecule has 0 spiro atoms. The largest absolute Gasteiger partial charge is 0.377 e. The summed E-state index contributed by atoms with van der Waals surface area (Å²) in [7, 11) is 0. The fourth-order valence-corrected chi connectivity index (χ4v) is 2.22. The van der Waals surface area contributed by atoms with Gasteiger partial charge in [-0.3, -0.25) is 4.79 Å². The second-order valence-corrected chi connectivity index (χ2v) is 4.68. The Kier molecular flexibility index (Phi) is 4.87. The van der Waals surface area contributed by atoms with Crippen molar-refractivity contribution in [1.82, 2.24) is 4.90 Å². The molecule has 19 heavy (non-hydrogen) atoms. The molecule has 1 unspecified atom stereocenters. The van der Waals surface area contributed by atoms with Crippen molar-refractivity contribution in [1.29, 1.82) is 0 Å². The first-order valence-corrected chi connectivity index (χ1v) is 6.52. The molecule has 5 heteroatoms. The van der Waals surface area contributed by atoms with Gasteiger partial charge in [0.05, 0.1) is 19.3 Å². The Hall–Kier alpha value is -1.46. The molecule has 1 fully saturated rings. The smallest absolute Gasteiger partial charge is 0.223 e. The van der Waals surface area contributed by atoms with Crippen LogP contribution in [0.4, 0.5) is 4.39 Å². The van der Waals surface area contributed by atoms with Crippen LogP contribution in [0.2, 0.25) is 0 Å². The van der Waals surface area contributed by atoms with E-state index in [-0.39, 0.29) is 17.8 Å². The zero-order valence-electron chi connectivity index (χ0n) is 10.8. The van der Waals surface area contributed by atoms with Crippen LogP contribution < -0.4 is 5.73 Å². The Labute approximate surface area is 112 Å². The lowest BCUT2D eigenvalue weighted by Gasteiger charge is -2.35. The molecular formula is C14H19FN2O2. The molecule has 1 aliphatic heterocycles. The number of morpholine rings is 1. The van der Waals surface area contributed by atoms with Gasteiger partial charge in [0.15, 0.2) is 0 Å². The van der Waals surface area contributed by atoms with Crippen LogP contribution in [-0.4, -0.2) is 43.2 Å². The molecule has 0 aliphatic carbocycles. The number of benzene rings is 1. The van der Waals surface area contributed by atoms with E-state index in [1.807, 2.05) is 0 Å². The highest BCUT2D eigenvalue weighted by molar-refractivity contribution is 5.77. The highest BCUT2D eigenvalue weighted by Gasteiger charge is 2.25. The van der Waals surface area contributed by atoms with E-state index in [0.29, 0.717) is 39.1 Å². The molecule has 1 heterocycles. The van der Waals surface area contributed by atoms with Gasteiger partial charge in [-0.15, -0.1) is 0 Å². The van der Waals surface area contributed by atoms with Crippen molar-refractivity contribution in [3.8, 4) is 0 Å². The van der Waals surface area contributed by atoms with Gasteiger partial charge >= 0.3 is 0 Å².